The van der Waals surface area contributed by atoms with Crippen LogP contribution in [0.1, 0.15) is 67.1 Å². The van der Waals surface area contributed by atoms with Crippen molar-refractivity contribution < 1.29 is 48.3 Å². The number of hydrogen-bond acceptors (Lipinski definition) is 11. The number of esters is 2. The minimum atomic E-state index is -1.39. The molecule has 3 aliphatic rings. The van der Waals surface area contributed by atoms with Crippen LogP contribution in [0.5, 0.6) is 11.5 Å². The Kier molecular flexibility index (Phi) is 11.4. The first-order valence-electron chi connectivity index (χ1n) is 18.1. The molecule has 0 bridgehead atoms. The average molecular weight is 742 g/mol. The number of nitrogens with one attached hydrogen (secondary N) is 2. The molecule has 286 valence electrons. The van der Waals surface area contributed by atoms with Crippen molar-refractivity contribution in [2.24, 2.45) is 0 Å². The summed E-state index contributed by atoms with van der Waals surface area (Å²) in [5.41, 5.74) is 0.360. The number of fused-ring (bicyclic) bond motifs is 1. The molecule has 0 unspecified atom stereocenters. The van der Waals surface area contributed by atoms with E-state index in [1.54, 1.807) is 73.8 Å². The van der Waals surface area contributed by atoms with E-state index in [0.29, 0.717) is 35.6 Å². The lowest BCUT2D eigenvalue weighted by Crippen LogP contribution is -2.73. The smallest absolute Gasteiger partial charge is 0.312 e. The molecule has 0 aromatic heterocycles. The fraction of sp³-hybridized carbons (Fsp3) is 0.415. The minimum Gasteiger partial charge on any atom is -0.493 e. The van der Waals surface area contributed by atoms with Gasteiger partial charge < -0.3 is 39.8 Å². The molecular formula is C41H47N3O10. The Hall–Kier alpha value is -5.24. The topological polar surface area (TPSA) is 173 Å². The van der Waals surface area contributed by atoms with E-state index in [1.807, 2.05) is 33.0 Å². The van der Waals surface area contributed by atoms with Crippen LogP contribution in [0.2, 0.25) is 0 Å². The quantitative estimate of drug-likeness (QED) is 0.190. The first-order chi connectivity index (χ1) is 25.9. The molecule has 13 nitrogen and oxygen atoms in total. The van der Waals surface area contributed by atoms with E-state index < -0.39 is 53.1 Å². The molecule has 1 spiro atoms. The van der Waals surface area contributed by atoms with Gasteiger partial charge in [0.25, 0.3) is 11.8 Å². The lowest BCUT2D eigenvalue weighted by atomic mass is 9.54. The highest BCUT2D eigenvalue weighted by Crippen LogP contribution is 2.64. The normalized spacial score (nSPS) is 23.9. The lowest BCUT2D eigenvalue weighted by molar-refractivity contribution is -0.201. The van der Waals surface area contributed by atoms with E-state index in [1.165, 1.54) is 0 Å². The van der Waals surface area contributed by atoms with Crippen LogP contribution in [0.3, 0.4) is 0 Å². The molecule has 13 heteroatoms. The standard InChI is InChI=1S/C41H47N3O10/c1-25-15-16-29(51-4)36-33(25)40-21-24-44(3)26(2)41(40,54-32(46)19-23-43-39(50)35(48)28-13-9-6-10-14-28)20-17-30(37(40)53-36)52-31(45)18-22-42-38(49)34(47)27-11-7-5-8-12-27/h5-17,26,34-35,37,47-48H,18-24H2,1-4H3,(H,42,49)(H,43,50)/t26-,34+,35+,37+,40+,41-/m1/s1. The van der Waals surface area contributed by atoms with Crippen molar-refractivity contribution in [2.45, 2.75) is 74.9 Å². The molecule has 2 heterocycles. The van der Waals surface area contributed by atoms with Gasteiger partial charge in [0.1, 0.15) is 11.4 Å². The largest absolute Gasteiger partial charge is 0.493 e. The number of aryl methyl sites for hydroxylation is 1. The van der Waals surface area contributed by atoms with Crippen molar-refractivity contribution in [1.82, 2.24) is 15.5 Å². The van der Waals surface area contributed by atoms with Gasteiger partial charge in [-0.15, -0.1) is 0 Å². The monoisotopic (exact) mass is 741 g/mol. The van der Waals surface area contributed by atoms with Crippen LogP contribution >= 0.6 is 0 Å². The highest BCUT2D eigenvalue weighted by molar-refractivity contribution is 5.83. The van der Waals surface area contributed by atoms with Crippen molar-refractivity contribution in [3.05, 3.63) is 107 Å². The molecule has 1 saturated heterocycles. The summed E-state index contributed by atoms with van der Waals surface area (Å²) < 4.78 is 25.1. The molecule has 1 aliphatic carbocycles. The lowest BCUT2D eigenvalue weighted by Gasteiger charge is -2.59. The van der Waals surface area contributed by atoms with Crippen LogP contribution in [-0.4, -0.2) is 90.4 Å². The summed E-state index contributed by atoms with van der Waals surface area (Å²) in [6.07, 6.45) is -1.59. The summed E-state index contributed by atoms with van der Waals surface area (Å²) in [6.45, 7) is 4.43. The van der Waals surface area contributed by atoms with E-state index in [4.69, 9.17) is 18.9 Å². The number of aliphatic hydroxyl groups excluding tert-OH is 2. The van der Waals surface area contributed by atoms with Gasteiger partial charge in [-0.1, -0.05) is 66.7 Å². The maximum absolute atomic E-state index is 13.8. The fourth-order valence-corrected chi connectivity index (χ4v) is 8.12. The Morgan fingerprint density at radius 3 is 2.04 bits per heavy atom. The van der Waals surface area contributed by atoms with Gasteiger partial charge in [0, 0.05) is 31.1 Å². The van der Waals surface area contributed by atoms with Gasteiger partial charge in [-0.25, -0.2) is 0 Å². The second kappa shape index (κ2) is 16.0. The molecule has 2 amide bonds. The van der Waals surface area contributed by atoms with E-state index in [0.717, 1.165) is 11.1 Å². The molecule has 3 aromatic rings. The van der Waals surface area contributed by atoms with Crippen molar-refractivity contribution in [1.29, 1.82) is 0 Å². The third-order valence-electron chi connectivity index (χ3n) is 11.0. The number of likely N-dealkylation sites (tertiary alicyclic amines) is 1. The third kappa shape index (κ3) is 7.06. The first-order valence-corrected chi connectivity index (χ1v) is 18.1. The van der Waals surface area contributed by atoms with Gasteiger partial charge in [0.05, 0.1) is 25.4 Å². The van der Waals surface area contributed by atoms with Crippen molar-refractivity contribution in [3.63, 3.8) is 0 Å². The van der Waals surface area contributed by atoms with Crippen molar-refractivity contribution >= 4 is 23.8 Å². The predicted molar refractivity (Wildman–Crippen MR) is 196 cm³/mol. The Bertz CT molecular complexity index is 1900. The van der Waals surface area contributed by atoms with Crippen LogP contribution in [0.25, 0.3) is 0 Å². The minimum absolute atomic E-state index is 0.0597. The molecule has 4 N–H and O–H groups in total. The SMILES string of the molecule is COc1ccc(C)c2c1O[C@H]1C(OC(=O)CCNC(=O)[C@@H](O)c3ccccc3)=CC[C@@]3(OC(=O)CCNC(=O)[C@@H](O)c4ccccc4)[C@@H](C)N(C)CC[C@]213. The number of hydrogen-bond donors (Lipinski definition) is 4. The number of carbonyl (C=O) groups is 4. The number of nitrogens with zero attached hydrogens (tertiary/aromatic N) is 1. The van der Waals surface area contributed by atoms with Gasteiger partial charge in [0.2, 0.25) is 0 Å². The highest BCUT2D eigenvalue weighted by Gasteiger charge is 2.71. The summed E-state index contributed by atoms with van der Waals surface area (Å²) in [4.78, 5) is 54.6. The van der Waals surface area contributed by atoms with Crippen molar-refractivity contribution in [2.75, 3.05) is 33.8 Å². The third-order valence-corrected chi connectivity index (χ3v) is 11.0. The maximum Gasteiger partial charge on any atom is 0.312 e. The van der Waals surface area contributed by atoms with Crippen LogP contribution in [0.4, 0.5) is 0 Å². The van der Waals surface area contributed by atoms with E-state index in [9.17, 15) is 29.4 Å². The molecule has 0 saturated carbocycles. The number of piperidine rings is 1. The highest BCUT2D eigenvalue weighted by atomic mass is 16.6. The van der Waals surface area contributed by atoms with E-state index in [-0.39, 0.29) is 44.2 Å². The summed E-state index contributed by atoms with van der Waals surface area (Å²) in [5.74, 6) is -1.22. The van der Waals surface area contributed by atoms with Gasteiger partial charge >= 0.3 is 11.9 Å². The van der Waals surface area contributed by atoms with E-state index in [2.05, 4.69) is 15.5 Å². The second-order valence-electron chi connectivity index (χ2n) is 14.0. The predicted octanol–water partition coefficient (Wildman–Crippen LogP) is 3.32. The van der Waals surface area contributed by atoms with Crippen LogP contribution in [0.15, 0.2) is 84.6 Å². The zero-order valence-electron chi connectivity index (χ0n) is 30.9. The number of benzene rings is 3. The van der Waals surface area contributed by atoms with Gasteiger partial charge in [0.15, 0.2) is 29.8 Å². The second-order valence-corrected chi connectivity index (χ2v) is 14.0. The molecule has 3 aromatic carbocycles. The Balaban J connectivity index is 1.23. The van der Waals surface area contributed by atoms with Gasteiger partial charge in [-0.05, 0) is 62.7 Å². The van der Waals surface area contributed by atoms with Gasteiger partial charge in [-0.3, -0.25) is 24.1 Å². The molecule has 2 aliphatic heterocycles. The van der Waals surface area contributed by atoms with Crippen LogP contribution in [0, 0.1) is 6.92 Å². The Morgan fingerprint density at radius 2 is 1.46 bits per heavy atom. The van der Waals surface area contributed by atoms with Crippen molar-refractivity contribution in [3.8, 4) is 11.5 Å². The number of ether oxygens (including phenoxy) is 4. The zero-order valence-corrected chi connectivity index (χ0v) is 30.9. The molecule has 54 heavy (non-hydrogen) atoms. The summed E-state index contributed by atoms with van der Waals surface area (Å²) in [7, 11) is 3.51. The Morgan fingerprint density at radius 1 is 0.889 bits per heavy atom. The summed E-state index contributed by atoms with van der Waals surface area (Å²) in [5, 5.41) is 26.1. The molecule has 6 atom stereocenters. The number of carbonyl (C=O) groups excluding carboxylic acids is 4. The number of methoxy groups -OCH3 is 1. The average Bonchev–Trinajstić information content (AvgIpc) is 3.55. The maximum atomic E-state index is 13.8. The van der Waals surface area contributed by atoms with E-state index >= 15 is 0 Å². The van der Waals surface area contributed by atoms with Gasteiger partial charge in [-0.2, -0.15) is 0 Å². The molecule has 6 rings (SSSR count). The number of amides is 2. The number of rotatable bonds is 13. The van der Waals surface area contributed by atoms with Crippen LogP contribution in [-0.2, 0) is 34.1 Å². The number of aliphatic hydroxyl groups is 2. The Labute approximate surface area is 314 Å². The fourth-order valence-electron chi connectivity index (χ4n) is 8.12. The summed E-state index contributed by atoms with van der Waals surface area (Å²) >= 11 is 0. The first kappa shape index (κ1) is 38.5. The molecule has 0 radical (unpaired) electrons. The molecule has 1 fully saturated rings. The number of likely N-dealkylation sites (N-methyl/N-ethyl adjacent to an activating group) is 1. The summed E-state index contributed by atoms with van der Waals surface area (Å²) in [6, 6.07) is 20.4. The molecular weight excluding hydrogens is 694 g/mol. The van der Waals surface area contributed by atoms with Crippen LogP contribution < -0.4 is 20.1 Å². The zero-order chi connectivity index (χ0) is 38.6.